The molecule has 2 heterocycles. The maximum atomic E-state index is 9.72. The number of H-pyrrole nitrogens is 1. The Kier molecular flexibility index (Phi) is 8.31. The Morgan fingerprint density at radius 1 is 1.21 bits per heavy atom. The molecule has 0 aliphatic heterocycles. The second-order valence-electron chi connectivity index (χ2n) is 6.42. The number of aliphatic hydroxyl groups excluding tert-OH is 1. The van der Waals surface area contributed by atoms with E-state index < -0.39 is 24.5 Å². The van der Waals surface area contributed by atoms with Crippen molar-refractivity contribution < 1.29 is 24.9 Å². The van der Waals surface area contributed by atoms with E-state index in [4.69, 9.17) is 15.3 Å². The Morgan fingerprint density at radius 2 is 1.93 bits per heavy atom. The quantitative estimate of drug-likeness (QED) is 0.310. The molecule has 3 aromatic rings. The Hall–Kier alpha value is -2.76. The van der Waals surface area contributed by atoms with E-state index in [9.17, 15) is 9.59 Å². The first kappa shape index (κ1) is 22.5. The summed E-state index contributed by atoms with van der Waals surface area (Å²) in [6.07, 6.45) is -1.43. The molecule has 4 N–H and O–H groups in total. The topological polar surface area (TPSA) is 153 Å². The molecule has 0 aliphatic rings. The van der Waals surface area contributed by atoms with Crippen molar-refractivity contribution in [1.82, 2.24) is 25.1 Å². The van der Waals surface area contributed by atoms with Gasteiger partial charge in [-0.15, -0.1) is 10.2 Å². The maximum absolute atomic E-state index is 9.72. The van der Waals surface area contributed by atoms with Crippen molar-refractivity contribution >= 4 is 45.8 Å². The predicted octanol–water partition coefficient (Wildman–Crippen LogP) is 1.46. The SMILES string of the molecule is CN(C)CCCSc1nnc2c(n1)[nH]c1ccccc12.O=C(O)CC(O)C(=O)O. The zero-order valence-electron chi connectivity index (χ0n) is 16.1. The lowest BCUT2D eigenvalue weighted by Crippen LogP contribution is -2.22. The molecular formula is C18H23N5O5S. The van der Waals surface area contributed by atoms with Gasteiger partial charge in [0.1, 0.15) is 5.52 Å². The molecule has 2 aromatic heterocycles. The van der Waals surface area contributed by atoms with Crippen LogP contribution in [-0.4, -0.2) is 84.8 Å². The minimum Gasteiger partial charge on any atom is -0.481 e. The van der Waals surface area contributed by atoms with Gasteiger partial charge in [-0.3, -0.25) is 4.79 Å². The Morgan fingerprint density at radius 3 is 2.55 bits per heavy atom. The van der Waals surface area contributed by atoms with Gasteiger partial charge in [-0.25, -0.2) is 9.78 Å². The number of hydrogen-bond donors (Lipinski definition) is 4. The molecule has 10 nitrogen and oxygen atoms in total. The second-order valence-corrected chi connectivity index (χ2v) is 7.48. The van der Waals surface area contributed by atoms with Crippen LogP contribution in [0.4, 0.5) is 0 Å². The van der Waals surface area contributed by atoms with Crippen molar-refractivity contribution in [2.24, 2.45) is 0 Å². The number of aliphatic carboxylic acids is 2. The molecule has 1 aromatic carbocycles. The number of aromatic nitrogens is 4. The van der Waals surface area contributed by atoms with E-state index in [0.29, 0.717) is 0 Å². The third kappa shape index (κ3) is 6.97. The first-order valence-corrected chi connectivity index (χ1v) is 9.77. The fraction of sp³-hybridized carbons (Fsp3) is 0.389. The van der Waals surface area contributed by atoms with Crippen LogP contribution >= 0.6 is 11.8 Å². The minimum atomic E-state index is -1.79. The molecule has 1 unspecified atom stereocenters. The van der Waals surface area contributed by atoms with Crippen LogP contribution in [0.1, 0.15) is 12.8 Å². The lowest BCUT2D eigenvalue weighted by atomic mass is 10.2. The summed E-state index contributed by atoms with van der Waals surface area (Å²) in [5.74, 6) is -1.84. The standard InChI is InChI=1S/C14H17N5S.C4H6O5/c1-19(2)8-5-9-20-14-16-13-12(17-18-14)10-6-3-4-7-11(10)15-13;5-2(4(8)9)1-3(6)7/h3-4,6-7H,5,8-9H2,1-2H3,(H,15,16,18);2,5H,1H2,(H,6,7)(H,8,9). The predicted molar refractivity (Wildman–Crippen MR) is 109 cm³/mol. The van der Waals surface area contributed by atoms with Gasteiger partial charge in [0.05, 0.1) is 6.42 Å². The van der Waals surface area contributed by atoms with Crippen molar-refractivity contribution in [3.63, 3.8) is 0 Å². The summed E-state index contributed by atoms with van der Waals surface area (Å²) in [6, 6.07) is 8.07. The summed E-state index contributed by atoms with van der Waals surface area (Å²) in [5, 5.41) is 34.5. The van der Waals surface area contributed by atoms with Gasteiger partial charge in [-0.1, -0.05) is 30.0 Å². The highest BCUT2D eigenvalue weighted by Crippen LogP contribution is 2.23. The minimum absolute atomic E-state index is 0.739. The van der Waals surface area contributed by atoms with E-state index in [0.717, 1.165) is 45.9 Å². The molecule has 0 bridgehead atoms. The number of nitrogens with one attached hydrogen (secondary N) is 1. The zero-order chi connectivity index (χ0) is 21.4. The largest absolute Gasteiger partial charge is 0.481 e. The van der Waals surface area contributed by atoms with Crippen molar-refractivity contribution in [2.45, 2.75) is 24.1 Å². The number of fused-ring (bicyclic) bond motifs is 3. The Labute approximate surface area is 171 Å². The molecule has 0 spiro atoms. The highest BCUT2D eigenvalue weighted by molar-refractivity contribution is 7.99. The first-order valence-electron chi connectivity index (χ1n) is 8.79. The van der Waals surface area contributed by atoms with Gasteiger partial charge < -0.3 is 25.2 Å². The number of thioether (sulfide) groups is 1. The fourth-order valence-corrected chi connectivity index (χ4v) is 3.07. The number of benzene rings is 1. The normalized spacial score (nSPS) is 12.0. The smallest absolute Gasteiger partial charge is 0.333 e. The van der Waals surface area contributed by atoms with Crippen molar-refractivity contribution in [1.29, 1.82) is 0 Å². The number of carboxylic acid groups (broad SMARTS) is 2. The Bertz CT molecular complexity index is 978. The summed E-state index contributed by atoms with van der Waals surface area (Å²) in [5.41, 5.74) is 2.72. The number of aliphatic hydroxyl groups is 1. The molecule has 11 heteroatoms. The lowest BCUT2D eigenvalue weighted by Gasteiger charge is -2.07. The van der Waals surface area contributed by atoms with Crippen LogP contribution in [0.25, 0.3) is 22.1 Å². The van der Waals surface area contributed by atoms with Crippen LogP contribution in [0.2, 0.25) is 0 Å². The fourth-order valence-electron chi connectivity index (χ4n) is 2.36. The van der Waals surface area contributed by atoms with Crippen molar-refractivity contribution in [3.8, 4) is 0 Å². The van der Waals surface area contributed by atoms with Crippen LogP contribution in [-0.2, 0) is 9.59 Å². The lowest BCUT2D eigenvalue weighted by molar-refractivity contribution is -0.152. The van der Waals surface area contributed by atoms with E-state index >= 15 is 0 Å². The van der Waals surface area contributed by atoms with Gasteiger partial charge in [0, 0.05) is 16.7 Å². The molecule has 156 valence electrons. The molecule has 0 saturated carbocycles. The van der Waals surface area contributed by atoms with E-state index in [1.54, 1.807) is 11.8 Å². The van der Waals surface area contributed by atoms with Gasteiger partial charge in [-0.2, -0.15) is 0 Å². The van der Waals surface area contributed by atoms with Crippen LogP contribution in [0.3, 0.4) is 0 Å². The number of nitrogens with zero attached hydrogens (tertiary/aromatic N) is 4. The third-order valence-electron chi connectivity index (χ3n) is 3.74. The molecule has 0 fully saturated rings. The van der Waals surface area contributed by atoms with Gasteiger partial charge in [0.25, 0.3) is 0 Å². The molecule has 0 aliphatic carbocycles. The number of aromatic amines is 1. The van der Waals surface area contributed by atoms with Crippen LogP contribution in [0.15, 0.2) is 29.4 Å². The third-order valence-corrected chi connectivity index (χ3v) is 4.66. The van der Waals surface area contributed by atoms with Crippen molar-refractivity contribution in [3.05, 3.63) is 24.3 Å². The molecule has 0 radical (unpaired) electrons. The summed E-state index contributed by atoms with van der Waals surface area (Å²) < 4.78 is 0. The maximum Gasteiger partial charge on any atom is 0.333 e. The average molecular weight is 421 g/mol. The molecule has 0 saturated heterocycles. The summed E-state index contributed by atoms with van der Waals surface area (Å²) in [7, 11) is 4.17. The Balaban J connectivity index is 0.000000284. The number of rotatable bonds is 8. The summed E-state index contributed by atoms with van der Waals surface area (Å²) >= 11 is 1.66. The molecule has 29 heavy (non-hydrogen) atoms. The summed E-state index contributed by atoms with van der Waals surface area (Å²) in [4.78, 5) is 29.4. The van der Waals surface area contributed by atoms with Gasteiger partial charge in [0.2, 0.25) is 5.16 Å². The van der Waals surface area contributed by atoms with Crippen LogP contribution in [0, 0.1) is 0 Å². The number of carbonyl (C=O) groups is 2. The van der Waals surface area contributed by atoms with Crippen LogP contribution in [0.5, 0.6) is 0 Å². The van der Waals surface area contributed by atoms with Gasteiger partial charge >= 0.3 is 11.9 Å². The highest BCUT2D eigenvalue weighted by atomic mass is 32.2. The number of hydrogen-bond acceptors (Lipinski definition) is 8. The first-order chi connectivity index (χ1) is 13.8. The van der Waals surface area contributed by atoms with Gasteiger partial charge in [-0.05, 0) is 33.1 Å². The van der Waals surface area contributed by atoms with E-state index in [-0.39, 0.29) is 0 Å². The number of carboxylic acids is 2. The average Bonchev–Trinajstić information content (AvgIpc) is 3.03. The molecule has 3 rings (SSSR count). The van der Waals surface area contributed by atoms with E-state index in [1.165, 1.54) is 0 Å². The highest BCUT2D eigenvalue weighted by Gasteiger charge is 2.16. The van der Waals surface area contributed by atoms with Crippen LogP contribution < -0.4 is 0 Å². The van der Waals surface area contributed by atoms with Gasteiger partial charge in [0.15, 0.2) is 11.8 Å². The molecule has 0 amide bonds. The molecular weight excluding hydrogens is 398 g/mol. The van der Waals surface area contributed by atoms with E-state index in [1.807, 2.05) is 24.3 Å². The molecule has 1 atom stereocenters. The van der Waals surface area contributed by atoms with Crippen molar-refractivity contribution in [2.75, 3.05) is 26.4 Å². The second kappa shape index (κ2) is 10.7. The summed E-state index contributed by atoms with van der Waals surface area (Å²) in [6.45, 7) is 1.08. The number of para-hydroxylation sites is 1. The zero-order valence-corrected chi connectivity index (χ0v) is 16.9. The van der Waals surface area contributed by atoms with E-state index in [2.05, 4.69) is 39.2 Å². The monoisotopic (exact) mass is 421 g/mol.